The Kier molecular flexibility index (Phi) is 5.32. The molecule has 24 heavy (non-hydrogen) atoms. The lowest BCUT2D eigenvalue weighted by molar-refractivity contribution is 0.0795. The van der Waals surface area contributed by atoms with Crippen LogP contribution in [0.25, 0.3) is 0 Å². The number of rotatable bonds is 4. The van der Waals surface area contributed by atoms with Crippen LogP contribution in [0.4, 0.5) is 5.82 Å². The zero-order chi connectivity index (χ0) is 16.9. The molecule has 0 radical (unpaired) electrons. The van der Waals surface area contributed by atoms with E-state index in [9.17, 15) is 9.90 Å². The summed E-state index contributed by atoms with van der Waals surface area (Å²) in [4.78, 5) is 23.7. The van der Waals surface area contributed by atoms with Gasteiger partial charge in [-0.05, 0) is 24.8 Å². The van der Waals surface area contributed by atoms with Crippen molar-refractivity contribution < 1.29 is 9.90 Å². The molecule has 1 aromatic heterocycles. The molecular formula is C17H20N4O2S. The molecule has 1 amide bonds. The fourth-order valence-corrected chi connectivity index (χ4v) is 3.44. The predicted octanol–water partition coefficient (Wildman–Crippen LogP) is 1.57. The van der Waals surface area contributed by atoms with Gasteiger partial charge in [-0.15, -0.1) is 11.8 Å². The third-order valence-corrected chi connectivity index (χ3v) is 4.92. The molecule has 0 saturated carbocycles. The van der Waals surface area contributed by atoms with Gasteiger partial charge < -0.3 is 15.3 Å². The van der Waals surface area contributed by atoms with Crippen molar-refractivity contribution in [1.82, 2.24) is 15.3 Å². The van der Waals surface area contributed by atoms with Crippen molar-refractivity contribution in [2.45, 2.75) is 23.5 Å². The topological polar surface area (TPSA) is 78.4 Å². The Morgan fingerprint density at radius 3 is 2.92 bits per heavy atom. The summed E-state index contributed by atoms with van der Waals surface area (Å²) in [5.74, 6) is 0.603. The molecule has 7 heteroatoms. The van der Waals surface area contributed by atoms with E-state index in [0.29, 0.717) is 25.1 Å². The average molecular weight is 344 g/mol. The molecule has 126 valence electrons. The van der Waals surface area contributed by atoms with E-state index in [4.69, 9.17) is 0 Å². The van der Waals surface area contributed by atoms with Gasteiger partial charge in [0.05, 0.1) is 23.9 Å². The maximum atomic E-state index is 12.5. The fourth-order valence-electron chi connectivity index (χ4n) is 2.84. The van der Waals surface area contributed by atoms with Crippen LogP contribution in [-0.4, -0.2) is 52.5 Å². The lowest BCUT2D eigenvalue weighted by Crippen LogP contribution is -2.54. The van der Waals surface area contributed by atoms with Gasteiger partial charge in [0.25, 0.3) is 5.91 Å². The normalized spacial score (nSPS) is 20.7. The van der Waals surface area contributed by atoms with Crippen LogP contribution in [0.2, 0.25) is 0 Å². The Bertz CT molecular complexity index is 698. The van der Waals surface area contributed by atoms with E-state index in [1.165, 1.54) is 11.8 Å². The van der Waals surface area contributed by atoms with Crippen LogP contribution >= 0.6 is 11.8 Å². The van der Waals surface area contributed by atoms with Crippen molar-refractivity contribution in [3.05, 3.63) is 48.4 Å². The number of anilines is 1. The third-order valence-electron chi connectivity index (χ3n) is 4.12. The molecule has 2 N–H and O–H groups in total. The van der Waals surface area contributed by atoms with Crippen LogP contribution in [0, 0.1) is 0 Å². The van der Waals surface area contributed by atoms with E-state index >= 15 is 0 Å². The summed E-state index contributed by atoms with van der Waals surface area (Å²) in [6.07, 6.45) is 6.89. The first-order chi connectivity index (χ1) is 11.7. The fraction of sp³-hybridized carbons (Fsp3) is 0.353. The van der Waals surface area contributed by atoms with Crippen molar-refractivity contribution in [2.75, 3.05) is 24.2 Å². The van der Waals surface area contributed by atoms with Crippen LogP contribution in [0.5, 0.6) is 0 Å². The molecule has 0 spiro atoms. The van der Waals surface area contributed by atoms with Gasteiger partial charge in [0.15, 0.2) is 0 Å². The number of hydrogen-bond acceptors (Lipinski definition) is 6. The molecule has 1 aliphatic rings. The molecule has 0 aliphatic carbocycles. The van der Waals surface area contributed by atoms with Gasteiger partial charge in [-0.1, -0.05) is 12.1 Å². The smallest absolute Gasteiger partial charge is 0.252 e. The zero-order valence-electron chi connectivity index (χ0n) is 13.4. The number of nitrogens with zero attached hydrogens (tertiary/aromatic N) is 3. The number of aliphatic hydroxyl groups is 1. The van der Waals surface area contributed by atoms with E-state index in [2.05, 4.69) is 15.3 Å². The minimum atomic E-state index is -0.647. The summed E-state index contributed by atoms with van der Waals surface area (Å²) in [6, 6.07) is 7.23. The second kappa shape index (κ2) is 7.63. The quantitative estimate of drug-likeness (QED) is 0.820. The van der Waals surface area contributed by atoms with Gasteiger partial charge in [0, 0.05) is 30.4 Å². The summed E-state index contributed by atoms with van der Waals surface area (Å²) in [5.41, 5.74) is 0.647. The number of nitrogens with one attached hydrogen (secondary N) is 1. The highest BCUT2D eigenvalue weighted by Crippen LogP contribution is 2.21. The number of thioether (sulfide) groups is 1. The molecule has 1 saturated heterocycles. The second-order valence-corrected chi connectivity index (χ2v) is 6.49. The summed E-state index contributed by atoms with van der Waals surface area (Å²) in [7, 11) is 0. The SMILES string of the molecule is CSc1ccccc1C(=O)N[C@@H]1CCN(c2cnccn2)C[C@H]1O. The highest BCUT2D eigenvalue weighted by atomic mass is 32.2. The van der Waals surface area contributed by atoms with Crippen molar-refractivity contribution in [3.63, 3.8) is 0 Å². The first-order valence-corrected chi connectivity index (χ1v) is 9.04. The van der Waals surface area contributed by atoms with Crippen LogP contribution in [-0.2, 0) is 0 Å². The van der Waals surface area contributed by atoms with E-state index in [0.717, 1.165) is 10.7 Å². The molecule has 2 heterocycles. The molecule has 0 bridgehead atoms. The van der Waals surface area contributed by atoms with Gasteiger partial charge in [-0.3, -0.25) is 9.78 Å². The lowest BCUT2D eigenvalue weighted by Gasteiger charge is -2.36. The Morgan fingerprint density at radius 1 is 1.38 bits per heavy atom. The molecular weight excluding hydrogens is 324 g/mol. The highest BCUT2D eigenvalue weighted by Gasteiger charge is 2.30. The van der Waals surface area contributed by atoms with Crippen molar-refractivity contribution in [2.24, 2.45) is 0 Å². The van der Waals surface area contributed by atoms with Gasteiger partial charge in [-0.25, -0.2) is 4.98 Å². The van der Waals surface area contributed by atoms with Crippen LogP contribution in [0.1, 0.15) is 16.8 Å². The largest absolute Gasteiger partial charge is 0.389 e. The average Bonchev–Trinajstić information content (AvgIpc) is 2.64. The maximum absolute atomic E-state index is 12.5. The summed E-state index contributed by atoms with van der Waals surface area (Å²) >= 11 is 1.54. The monoisotopic (exact) mass is 344 g/mol. The minimum absolute atomic E-state index is 0.142. The molecule has 1 fully saturated rings. The standard InChI is InChI=1S/C17H20N4O2S/c1-24-15-5-3-2-4-12(15)17(23)20-13-6-9-21(11-14(13)22)16-10-18-7-8-19-16/h2-5,7-8,10,13-14,22H,6,9,11H2,1H3,(H,20,23)/t13-,14-/m1/s1. The molecule has 6 nitrogen and oxygen atoms in total. The van der Waals surface area contributed by atoms with Gasteiger partial charge in [-0.2, -0.15) is 0 Å². The first-order valence-electron chi connectivity index (χ1n) is 7.82. The van der Waals surface area contributed by atoms with E-state index in [1.807, 2.05) is 35.4 Å². The summed E-state index contributed by atoms with van der Waals surface area (Å²) < 4.78 is 0. The third kappa shape index (κ3) is 3.68. The summed E-state index contributed by atoms with van der Waals surface area (Å²) in [6.45, 7) is 1.14. The molecule has 1 aromatic carbocycles. The predicted molar refractivity (Wildman–Crippen MR) is 94.3 cm³/mol. The van der Waals surface area contributed by atoms with Crippen LogP contribution < -0.4 is 10.2 Å². The number of amides is 1. The van der Waals surface area contributed by atoms with Crippen LogP contribution in [0.15, 0.2) is 47.8 Å². The molecule has 2 atom stereocenters. The summed E-state index contributed by atoms with van der Waals surface area (Å²) in [5, 5.41) is 13.4. The number of benzene rings is 1. The van der Waals surface area contributed by atoms with E-state index in [1.54, 1.807) is 18.6 Å². The van der Waals surface area contributed by atoms with Gasteiger partial charge in [0.1, 0.15) is 5.82 Å². The maximum Gasteiger partial charge on any atom is 0.252 e. The van der Waals surface area contributed by atoms with Gasteiger partial charge in [0.2, 0.25) is 0 Å². The first kappa shape index (κ1) is 16.7. The van der Waals surface area contributed by atoms with Crippen molar-refractivity contribution in [1.29, 1.82) is 0 Å². The lowest BCUT2D eigenvalue weighted by atomic mass is 10.0. The number of aromatic nitrogens is 2. The highest BCUT2D eigenvalue weighted by molar-refractivity contribution is 7.98. The minimum Gasteiger partial charge on any atom is -0.389 e. The number of carbonyl (C=O) groups is 1. The Labute approximate surface area is 145 Å². The number of piperidine rings is 1. The molecule has 3 rings (SSSR count). The van der Waals surface area contributed by atoms with E-state index in [-0.39, 0.29) is 11.9 Å². The number of carbonyl (C=O) groups excluding carboxylic acids is 1. The van der Waals surface area contributed by atoms with Crippen LogP contribution in [0.3, 0.4) is 0 Å². The Morgan fingerprint density at radius 2 is 2.21 bits per heavy atom. The molecule has 1 aliphatic heterocycles. The van der Waals surface area contributed by atoms with Crippen molar-refractivity contribution in [3.8, 4) is 0 Å². The number of hydrogen-bond donors (Lipinski definition) is 2. The number of aliphatic hydroxyl groups excluding tert-OH is 1. The zero-order valence-corrected chi connectivity index (χ0v) is 14.2. The molecule has 2 aromatic rings. The van der Waals surface area contributed by atoms with Gasteiger partial charge >= 0.3 is 0 Å². The molecule has 0 unspecified atom stereocenters. The Balaban J connectivity index is 1.64. The Hall–Kier alpha value is -2.12. The second-order valence-electron chi connectivity index (χ2n) is 5.65. The number of β-amino-alcohol motifs (C(OH)–C–C–N with tert-alkyl or cyclic N) is 1. The van der Waals surface area contributed by atoms with E-state index < -0.39 is 6.10 Å². The van der Waals surface area contributed by atoms with Crippen molar-refractivity contribution >= 4 is 23.5 Å².